The molecule has 0 saturated carbocycles. The molecule has 0 radical (unpaired) electrons. The van der Waals surface area contributed by atoms with E-state index in [9.17, 15) is 43.5 Å². The number of hydrogen-bond acceptors (Lipinski definition) is 14. The Labute approximate surface area is 766 Å². The van der Waals surface area contributed by atoms with Crippen LogP contribution in [-0.2, 0) is 55.8 Å². The van der Waals surface area contributed by atoms with Crippen molar-refractivity contribution in [3.05, 3.63) is 146 Å². The van der Waals surface area contributed by atoms with Crippen molar-refractivity contribution < 1.29 is 75.8 Å². The van der Waals surface area contributed by atoms with E-state index in [1.165, 1.54) is 263 Å². The van der Waals surface area contributed by atoms with Crippen molar-refractivity contribution >= 4 is 33.6 Å². The molecule has 0 aliphatic heterocycles. The summed E-state index contributed by atoms with van der Waals surface area (Å²) in [5.41, 5.74) is 0. The van der Waals surface area contributed by atoms with Crippen molar-refractivity contribution in [2.75, 3.05) is 39.6 Å². The zero-order chi connectivity index (χ0) is 90.7. The summed E-state index contributed by atoms with van der Waals surface area (Å²) in [5.74, 6) is -1.58. The Balaban J connectivity index is 4.52. The molecule has 0 amide bonds. The molecule has 0 aliphatic carbocycles. The molecular weight excluding hydrogens is 1600 g/mol. The van der Waals surface area contributed by atoms with Crippen LogP contribution in [0.3, 0.4) is 0 Å². The van der Waals surface area contributed by atoms with Crippen molar-refractivity contribution in [2.45, 2.75) is 476 Å². The summed E-state index contributed by atoms with van der Waals surface area (Å²) in [5, 5.41) is 20.8. The van der Waals surface area contributed by atoms with Gasteiger partial charge in [-0.2, -0.15) is 0 Å². The van der Waals surface area contributed by atoms with E-state index >= 15 is 0 Å². The zero-order valence-electron chi connectivity index (χ0n) is 80.0. The third-order valence-electron chi connectivity index (χ3n) is 22.0. The summed E-state index contributed by atoms with van der Waals surface area (Å²) in [6, 6.07) is 0. The standard InChI is InChI=1S/C107H188O16P2/c1-4-7-10-13-16-19-22-25-28-31-34-37-39-41-43-45-47-49-50-52-54-55-57-59-61-64-66-69-72-75-78-81-84-87-90-93-105(110)117-96-102(108)97-119-124(113,114)120-98-103(109)99-121-125(115,116)122-101-104(123-107(112)95-92-89-86-83-80-77-74-71-68-63-36-33-30-27-24-21-18-15-12-9-6-3)100-118-106(111)94-91-88-85-82-79-76-73-70-67-65-62-60-58-56-53-51-48-46-44-42-40-38-35-32-29-26-23-20-17-14-11-8-5-2/h16-21,25-30,34-38,41-44,63,71,74,102-104,108-109H,4-15,22-24,31-33,39-40,45-62,64-70,72-73,75-101H2,1-3H3,(H,113,114)(H,115,116)/b19-16-,20-17-,21-18-,28-25-,29-26-,30-27-,37-34-,38-35-,43-41-,44-42-,63-36-,74-71-. The Morgan fingerprint density at radius 2 is 0.400 bits per heavy atom. The summed E-state index contributed by atoms with van der Waals surface area (Å²) < 4.78 is 61.6. The van der Waals surface area contributed by atoms with E-state index in [2.05, 4.69) is 167 Å². The highest BCUT2D eigenvalue weighted by Crippen LogP contribution is 2.45. The number of unbranched alkanes of at least 4 members (excludes halogenated alkanes) is 50. The molecule has 722 valence electrons. The second kappa shape index (κ2) is 98.5. The maximum atomic E-state index is 13.1. The molecule has 0 aromatic carbocycles. The largest absolute Gasteiger partial charge is 0.472 e. The summed E-state index contributed by atoms with van der Waals surface area (Å²) in [4.78, 5) is 59.1. The van der Waals surface area contributed by atoms with Crippen molar-refractivity contribution in [1.29, 1.82) is 0 Å². The van der Waals surface area contributed by atoms with Crippen LogP contribution in [0.5, 0.6) is 0 Å². The van der Waals surface area contributed by atoms with Gasteiger partial charge in [-0.3, -0.25) is 32.5 Å². The van der Waals surface area contributed by atoms with Crippen LogP contribution in [0.1, 0.15) is 457 Å². The lowest BCUT2D eigenvalue weighted by atomic mass is 10.0. The minimum atomic E-state index is -4.95. The Morgan fingerprint density at radius 1 is 0.224 bits per heavy atom. The number of rotatable bonds is 97. The minimum absolute atomic E-state index is 0.0828. The minimum Gasteiger partial charge on any atom is -0.463 e. The van der Waals surface area contributed by atoms with Crippen LogP contribution in [0.2, 0.25) is 0 Å². The molecular formula is C107H188O16P2. The first-order chi connectivity index (χ1) is 61.2. The number of phosphoric ester groups is 2. The molecule has 0 rings (SSSR count). The maximum Gasteiger partial charge on any atom is 0.472 e. The number of aliphatic hydroxyl groups is 2. The smallest absolute Gasteiger partial charge is 0.463 e. The fourth-order valence-electron chi connectivity index (χ4n) is 14.2. The lowest BCUT2D eigenvalue weighted by Gasteiger charge is -2.21. The first-order valence-corrected chi connectivity index (χ1v) is 54.1. The van der Waals surface area contributed by atoms with E-state index in [0.29, 0.717) is 19.3 Å². The highest BCUT2D eigenvalue weighted by Gasteiger charge is 2.30. The quantitative estimate of drug-likeness (QED) is 0.0146. The zero-order valence-corrected chi connectivity index (χ0v) is 81.8. The molecule has 16 nitrogen and oxygen atoms in total. The van der Waals surface area contributed by atoms with Crippen LogP contribution in [0, 0.1) is 0 Å². The Morgan fingerprint density at radius 3 is 0.632 bits per heavy atom. The molecule has 125 heavy (non-hydrogen) atoms. The van der Waals surface area contributed by atoms with E-state index in [4.69, 9.17) is 32.3 Å². The second-order valence-corrected chi connectivity index (χ2v) is 37.2. The van der Waals surface area contributed by atoms with Crippen LogP contribution in [-0.4, -0.2) is 95.9 Å². The fraction of sp³-hybridized carbons (Fsp3) is 0.748. The third-order valence-corrected chi connectivity index (χ3v) is 23.9. The molecule has 0 spiro atoms. The monoisotopic (exact) mass is 1790 g/mol. The van der Waals surface area contributed by atoms with Gasteiger partial charge in [0.15, 0.2) is 6.10 Å². The van der Waals surface area contributed by atoms with Gasteiger partial charge in [-0.25, -0.2) is 9.13 Å². The van der Waals surface area contributed by atoms with E-state index in [1.54, 1.807) is 0 Å². The van der Waals surface area contributed by atoms with Gasteiger partial charge in [0.25, 0.3) is 0 Å². The number of ether oxygens (including phenoxy) is 3. The third kappa shape index (κ3) is 99.8. The van der Waals surface area contributed by atoms with Crippen LogP contribution in [0.25, 0.3) is 0 Å². The molecule has 0 aromatic rings. The average molecular weight is 1790 g/mol. The Hall–Kier alpha value is -4.57. The Bertz CT molecular complexity index is 2850. The number of carbonyl (C=O) groups excluding carboxylic acids is 3. The van der Waals surface area contributed by atoms with Crippen LogP contribution in [0.15, 0.2) is 146 Å². The molecule has 5 unspecified atom stereocenters. The van der Waals surface area contributed by atoms with Crippen molar-refractivity contribution in [3.8, 4) is 0 Å². The topological polar surface area (TPSA) is 231 Å². The van der Waals surface area contributed by atoms with E-state index in [-0.39, 0.29) is 19.3 Å². The molecule has 0 heterocycles. The highest BCUT2D eigenvalue weighted by atomic mass is 31.2. The van der Waals surface area contributed by atoms with Gasteiger partial charge in [-0.15, -0.1) is 0 Å². The normalized spacial score (nSPS) is 14.3. The number of hydrogen-bond donors (Lipinski definition) is 4. The van der Waals surface area contributed by atoms with Crippen molar-refractivity contribution in [3.63, 3.8) is 0 Å². The molecule has 0 aliphatic rings. The molecule has 18 heteroatoms. The fourth-order valence-corrected chi connectivity index (χ4v) is 15.8. The lowest BCUT2D eigenvalue weighted by Crippen LogP contribution is -2.30. The number of carbonyl (C=O) groups is 3. The molecule has 0 aromatic heterocycles. The van der Waals surface area contributed by atoms with E-state index in [0.717, 1.165) is 135 Å². The van der Waals surface area contributed by atoms with Gasteiger partial charge in [-0.1, -0.05) is 430 Å². The predicted molar refractivity (Wildman–Crippen MR) is 528 cm³/mol. The number of esters is 3. The second-order valence-electron chi connectivity index (χ2n) is 34.3. The van der Waals surface area contributed by atoms with Gasteiger partial charge in [-0.05, 0) is 154 Å². The van der Waals surface area contributed by atoms with Crippen molar-refractivity contribution in [2.24, 2.45) is 0 Å². The molecule has 0 fully saturated rings. The number of phosphoric acid groups is 2. The number of aliphatic hydroxyl groups excluding tert-OH is 2. The maximum absolute atomic E-state index is 13.1. The summed E-state index contributed by atoms with van der Waals surface area (Å²) in [7, 11) is -9.82. The highest BCUT2D eigenvalue weighted by molar-refractivity contribution is 7.47. The summed E-state index contributed by atoms with van der Waals surface area (Å²) in [6.45, 7) is 2.66. The molecule has 5 atom stereocenters. The first-order valence-electron chi connectivity index (χ1n) is 51.1. The van der Waals surface area contributed by atoms with Gasteiger partial charge in [0.2, 0.25) is 0 Å². The first kappa shape index (κ1) is 120. The molecule has 0 bridgehead atoms. The van der Waals surface area contributed by atoms with E-state index < -0.39 is 91.5 Å². The number of allylic oxidation sites excluding steroid dienone is 24. The van der Waals surface area contributed by atoms with Crippen LogP contribution in [0.4, 0.5) is 0 Å². The Kier molecular flexibility index (Phi) is 94.9. The van der Waals surface area contributed by atoms with Crippen molar-refractivity contribution in [1.82, 2.24) is 0 Å². The van der Waals surface area contributed by atoms with Gasteiger partial charge in [0.05, 0.1) is 26.4 Å². The van der Waals surface area contributed by atoms with Gasteiger partial charge in [0, 0.05) is 19.3 Å². The molecule has 0 saturated heterocycles. The SMILES string of the molecule is CCCCC/C=C\C/C=C\C/C=C\C/C=C\CCCCCCCCCCCCCCCCCCCCCC(=O)OCC(O)COP(=O)(O)OCC(O)COP(=O)(O)OCC(COC(=O)CCCCCCCCCCCCCCCCCCC/C=C\C/C=C\C/C=C\C/C=C\CCCCC)OC(=O)CCCCCCC/C=C\C/C=C\C/C=C\C/C=C\CCCCC. The van der Waals surface area contributed by atoms with Crippen LogP contribution >= 0.6 is 15.6 Å². The average Bonchev–Trinajstić information content (AvgIpc) is 0.895. The summed E-state index contributed by atoms with van der Waals surface area (Å²) >= 11 is 0. The molecule has 4 N–H and O–H groups in total. The van der Waals surface area contributed by atoms with Gasteiger partial charge >= 0.3 is 33.6 Å². The van der Waals surface area contributed by atoms with Gasteiger partial charge in [0.1, 0.15) is 25.4 Å². The van der Waals surface area contributed by atoms with Gasteiger partial charge < -0.3 is 34.2 Å². The predicted octanol–water partition coefficient (Wildman–Crippen LogP) is 32.2. The summed E-state index contributed by atoms with van der Waals surface area (Å²) in [6.07, 6.45) is 126. The van der Waals surface area contributed by atoms with Crippen LogP contribution < -0.4 is 0 Å². The lowest BCUT2D eigenvalue weighted by molar-refractivity contribution is -0.161. The van der Waals surface area contributed by atoms with E-state index in [1.807, 2.05) is 0 Å².